The van der Waals surface area contributed by atoms with Gasteiger partial charge in [-0.05, 0) is 37.5 Å². The van der Waals surface area contributed by atoms with Crippen molar-refractivity contribution in [1.29, 1.82) is 0 Å². The molecule has 1 aliphatic rings. The average Bonchev–Trinajstić information content (AvgIpc) is 2.92. The highest BCUT2D eigenvalue weighted by atomic mass is 16.4. The minimum Gasteiger partial charge on any atom is -0.481 e. The fourth-order valence-electron chi connectivity index (χ4n) is 4.01. The number of carboxylic acid groups (broad SMARTS) is 2. The van der Waals surface area contributed by atoms with E-state index in [-0.39, 0.29) is 17.4 Å². The smallest absolute Gasteiger partial charge is 0.332 e. The van der Waals surface area contributed by atoms with E-state index in [1.54, 1.807) is 0 Å². The van der Waals surface area contributed by atoms with Crippen LogP contribution in [0.4, 0.5) is 0 Å². The zero-order chi connectivity index (χ0) is 16.2. The molecule has 0 spiro atoms. The van der Waals surface area contributed by atoms with Crippen molar-refractivity contribution in [2.45, 2.75) is 66.2 Å². The van der Waals surface area contributed by atoms with Crippen molar-refractivity contribution in [3.8, 4) is 0 Å². The first-order valence-corrected chi connectivity index (χ1v) is 8.03. The van der Waals surface area contributed by atoms with E-state index in [1.165, 1.54) is 0 Å². The lowest BCUT2D eigenvalue weighted by molar-refractivity contribution is -0.153. The summed E-state index contributed by atoms with van der Waals surface area (Å²) in [6, 6.07) is 0. The maximum atomic E-state index is 12.1. The van der Waals surface area contributed by atoms with Crippen molar-refractivity contribution >= 4 is 11.9 Å². The Labute approximate surface area is 127 Å². The minimum absolute atomic E-state index is 0.0489. The second-order valence-corrected chi connectivity index (χ2v) is 6.33. The molecule has 21 heavy (non-hydrogen) atoms. The summed E-state index contributed by atoms with van der Waals surface area (Å²) in [4.78, 5) is 24.1. The molecule has 0 aromatic rings. The van der Waals surface area contributed by atoms with Crippen molar-refractivity contribution in [1.82, 2.24) is 0 Å². The lowest BCUT2D eigenvalue weighted by Crippen LogP contribution is -2.42. The van der Waals surface area contributed by atoms with E-state index >= 15 is 0 Å². The van der Waals surface area contributed by atoms with Gasteiger partial charge in [0.05, 0.1) is 5.57 Å². The molecular weight excluding hydrogens is 268 g/mol. The molecule has 0 bridgehead atoms. The van der Waals surface area contributed by atoms with Gasteiger partial charge in [0.15, 0.2) is 0 Å². The van der Waals surface area contributed by atoms with Gasteiger partial charge >= 0.3 is 11.9 Å². The molecule has 0 amide bonds. The molecule has 0 radical (unpaired) electrons. The minimum atomic E-state index is -1.24. The number of rotatable bonds is 7. The van der Waals surface area contributed by atoms with Crippen molar-refractivity contribution in [2.24, 2.45) is 17.3 Å². The van der Waals surface area contributed by atoms with E-state index in [0.717, 1.165) is 31.3 Å². The normalized spacial score (nSPS) is 20.2. The molecule has 0 saturated heterocycles. The Balaban J connectivity index is 3.59. The highest BCUT2D eigenvalue weighted by molar-refractivity contribution is 5.97. The van der Waals surface area contributed by atoms with Crippen molar-refractivity contribution in [2.75, 3.05) is 0 Å². The molecule has 1 rings (SSSR count). The Morgan fingerprint density at radius 1 is 1.14 bits per heavy atom. The summed E-state index contributed by atoms with van der Waals surface area (Å²) in [7, 11) is 0. The molecule has 4 nitrogen and oxygen atoms in total. The van der Waals surface area contributed by atoms with Gasteiger partial charge in [0.1, 0.15) is 5.41 Å². The molecule has 0 aliphatic heterocycles. The molecule has 120 valence electrons. The largest absolute Gasteiger partial charge is 0.481 e. The zero-order valence-electron chi connectivity index (χ0n) is 13.6. The van der Waals surface area contributed by atoms with Gasteiger partial charge in [-0.3, -0.25) is 4.79 Å². The molecule has 1 unspecified atom stereocenters. The van der Waals surface area contributed by atoms with Crippen LogP contribution in [0.1, 0.15) is 66.2 Å². The van der Waals surface area contributed by atoms with Crippen molar-refractivity contribution in [3.63, 3.8) is 0 Å². The monoisotopic (exact) mass is 296 g/mol. The van der Waals surface area contributed by atoms with E-state index < -0.39 is 17.4 Å². The number of carboxylic acids is 2. The second kappa shape index (κ2) is 7.10. The predicted octanol–water partition coefficient (Wildman–Crippen LogP) is 4.10. The Morgan fingerprint density at radius 2 is 1.67 bits per heavy atom. The first kappa shape index (κ1) is 17.7. The first-order chi connectivity index (χ1) is 9.82. The van der Waals surface area contributed by atoms with E-state index in [1.807, 2.05) is 27.7 Å². The van der Waals surface area contributed by atoms with Crippen LogP contribution < -0.4 is 0 Å². The Kier molecular flexibility index (Phi) is 5.99. The van der Waals surface area contributed by atoms with Gasteiger partial charge in [-0.1, -0.05) is 46.1 Å². The van der Waals surface area contributed by atoms with Crippen LogP contribution in [0.3, 0.4) is 0 Å². The van der Waals surface area contributed by atoms with Gasteiger partial charge < -0.3 is 10.2 Å². The van der Waals surface area contributed by atoms with Crippen LogP contribution in [0.2, 0.25) is 0 Å². The third kappa shape index (κ3) is 3.14. The van der Waals surface area contributed by atoms with E-state index in [0.29, 0.717) is 12.8 Å². The quantitative estimate of drug-likeness (QED) is 0.693. The molecule has 2 N–H and O–H groups in total. The Hall–Kier alpha value is -1.32. The molecule has 0 heterocycles. The van der Waals surface area contributed by atoms with Gasteiger partial charge in [-0.25, -0.2) is 4.79 Å². The fourth-order valence-corrected chi connectivity index (χ4v) is 4.01. The number of allylic oxidation sites excluding steroid dienone is 1. The molecule has 1 saturated carbocycles. The van der Waals surface area contributed by atoms with Crippen LogP contribution in [0, 0.1) is 17.3 Å². The Morgan fingerprint density at radius 3 is 1.95 bits per heavy atom. The first-order valence-electron chi connectivity index (χ1n) is 8.03. The van der Waals surface area contributed by atoms with E-state index in [2.05, 4.69) is 0 Å². The number of aliphatic carboxylic acids is 2. The van der Waals surface area contributed by atoms with Crippen LogP contribution in [0.15, 0.2) is 11.1 Å². The summed E-state index contributed by atoms with van der Waals surface area (Å²) in [5, 5.41) is 19.7. The number of hydrogen-bond donors (Lipinski definition) is 2. The number of hydrogen-bond acceptors (Lipinski definition) is 2. The summed E-state index contributed by atoms with van der Waals surface area (Å²) in [5.74, 6) is -2.04. The zero-order valence-corrected chi connectivity index (χ0v) is 13.6. The topological polar surface area (TPSA) is 74.6 Å². The summed E-state index contributed by atoms with van der Waals surface area (Å²) in [5.41, 5.74) is -0.307. The van der Waals surface area contributed by atoms with Gasteiger partial charge in [0.2, 0.25) is 0 Å². The van der Waals surface area contributed by atoms with Crippen LogP contribution in [0.5, 0.6) is 0 Å². The van der Waals surface area contributed by atoms with Crippen molar-refractivity contribution < 1.29 is 19.8 Å². The number of carbonyl (C=O) groups is 2. The van der Waals surface area contributed by atoms with Crippen LogP contribution in [0.25, 0.3) is 0 Å². The van der Waals surface area contributed by atoms with Gasteiger partial charge in [-0.2, -0.15) is 0 Å². The molecule has 1 aliphatic carbocycles. The molecule has 0 aromatic heterocycles. The average molecular weight is 296 g/mol. The predicted molar refractivity (Wildman–Crippen MR) is 82.1 cm³/mol. The standard InChI is InChI=1S/C17H28O4/c1-5-13(11(3)4)14(15(18)19)17(6-2,16(20)21)12-9-7-8-10-12/h11-12H,5-10H2,1-4H3,(H,18,19)(H,20,21). The van der Waals surface area contributed by atoms with Crippen LogP contribution >= 0.6 is 0 Å². The molecule has 1 fully saturated rings. The highest BCUT2D eigenvalue weighted by Gasteiger charge is 2.51. The lowest BCUT2D eigenvalue weighted by atomic mass is 9.64. The Bertz CT molecular complexity index is 430. The lowest BCUT2D eigenvalue weighted by Gasteiger charge is -2.37. The van der Waals surface area contributed by atoms with Gasteiger partial charge in [-0.15, -0.1) is 0 Å². The van der Waals surface area contributed by atoms with Crippen LogP contribution in [-0.4, -0.2) is 22.2 Å². The third-order valence-corrected chi connectivity index (χ3v) is 5.05. The van der Waals surface area contributed by atoms with Crippen LogP contribution in [-0.2, 0) is 9.59 Å². The fraction of sp³-hybridized carbons (Fsp3) is 0.765. The molecular formula is C17H28O4. The maximum absolute atomic E-state index is 12.1. The third-order valence-electron chi connectivity index (χ3n) is 5.05. The molecule has 1 atom stereocenters. The summed E-state index contributed by atoms with van der Waals surface area (Å²) >= 11 is 0. The van der Waals surface area contributed by atoms with Crippen molar-refractivity contribution in [3.05, 3.63) is 11.1 Å². The SMILES string of the molecule is CCC(=C(C(=O)O)C(CC)(C(=O)O)C1CCCC1)C(C)C. The summed E-state index contributed by atoms with van der Waals surface area (Å²) in [6.07, 6.45) is 4.54. The van der Waals surface area contributed by atoms with E-state index in [4.69, 9.17) is 0 Å². The van der Waals surface area contributed by atoms with Gasteiger partial charge in [0, 0.05) is 0 Å². The summed E-state index contributed by atoms with van der Waals surface area (Å²) in [6.45, 7) is 7.61. The molecule has 4 heteroatoms. The van der Waals surface area contributed by atoms with Gasteiger partial charge in [0.25, 0.3) is 0 Å². The van der Waals surface area contributed by atoms with E-state index in [9.17, 15) is 19.8 Å². The summed E-state index contributed by atoms with van der Waals surface area (Å²) < 4.78 is 0. The molecule has 0 aromatic carbocycles. The highest BCUT2D eigenvalue weighted by Crippen LogP contribution is 2.49. The maximum Gasteiger partial charge on any atom is 0.332 e. The second-order valence-electron chi connectivity index (χ2n) is 6.33.